The van der Waals surface area contributed by atoms with Crippen molar-refractivity contribution in [1.29, 1.82) is 0 Å². The van der Waals surface area contributed by atoms with E-state index in [4.69, 9.17) is 0 Å². The van der Waals surface area contributed by atoms with Crippen LogP contribution in [0, 0.1) is 6.92 Å². The lowest BCUT2D eigenvalue weighted by atomic mass is 10.0. The van der Waals surface area contributed by atoms with E-state index in [-0.39, 0.29) is 17.5 Å². The summed E-state index contributed by atoms with van der Waals surface area (Å²) in [6.45, 7) is 1.88. The smallest absolute Gasteiger partial charge is 0.272 e. The predicted molar refractivity (Wildman–Crippen MR) is 112 cm³/mol. The summed E-state index contributed by atoms with van der Waals surface area (Å²) >= 11 is 0. The highest BCUT2D eigenvalue weighted by atomic mass is 16.1. The van der Waals surface area contributed by atoms with E-state index in [1.165, 1.54) is 10.6 Å². The molecular weight excluding hydrogens is 364 g/mol. The predicted octanol–water partition coefficient (Wildman–Crippen LogP) is 2.97. The molecule has 146 valence electrons. The molecule has 4 aromatic rings. The van der Waals surface area contributed by atoms with Crippen molar-refractivity contribution in [2.24, 2.45) is 0 Å². The van der Waals surface area contributed by atoms with Gasteiger partial charge in [0.25, 0.3) is 5.56 Å². The van der Waals surface area contributed by atoms with Gasteiger partial charge >= 0.3 is 0 Å². The summed E-state index contributed by atoms with van der Waals surface area (Å²) in [5, 5.41) is 6.08. The molecule has 6 nitrogen and oxygen atoms in total. The van der Waals surface area contributed by atoms with Crippen molar-refractivity contribution >= 4 is 11.6 Å². The number of H-pyrrole nitrogens is 1. The zero-order valence-corrected chi connectivity index (χ0v) is 16.1. The average Bonchev–Trinajstić information content (AvgIpc) is 3.10. The van der Waals surface area contributed by atoms with Gasteiger partial charge in [-0.15, -0.1) is 0 Å². The number of aromatic amines is 1. The number of aryl methyl sites for hydroxylation is 1. The van der Waals surface area contributed by atoms with Gasteiger partial charge in [0.2, 0.25) is 5.91 Å². The van der Waals surface area contributed by atoms with E-state index in [0.717, 1.165) is 16.8 Å². The Hall–Kier alpha value is -3.67. The maximum Gasteiger partial charge on any atom is 0.272 e. The number of fused-ring (bicyclic) bond motifs is 1. The monoisotopic (exact) mass is 386 g/mol. The van der Waals surface area contributed by atoms with E-state index in [2.05, 4.69) is 15.4 Å². The second kappa shape index (κ2) is 8.14. The van der Waals surface area contributed by atoms with Gasteiger partial charge in [0.05, 0.1) is 18.2 Å². The largest absolute Gasteiger partial charge is 0.349 e. The average molecular weight is 386 g/mol. The van der Waals surface area contributed by atoms with E-state index < -0.39 is 0 Å². The van der Waals surface area contributed by atoms with Crippen LogP contribution in [0.2, 0.25) is 0 Å². The highest BCUT2D eigenvalue weighted by Crippen LogP contribution is 2.18. The van der Waals surface area contributed by atoms with E-state index in [1.807, 2.05) is 73.7 Å². The molecule has 0 saturated carbocycles. The molecule has 0 spiro atoms. The number of aromatic nitrogens is 3. The van der Waals surface area contributed by atoms with Crippen LogP contribution in [0.25, 0.3) is 5.65 Å². The lowest BCUT2D eigenvalue weighted by Gasteiger charge is -2.19. The summed E-state index contributed by atoms with van der Waals surface area (Å²) in [5.41, 5.74) is 3.84. The second-order valence-corrected chi connectivity index (χ2v) is 7.12. The third-order valence-corrected chi connectivity index (χ3v) is 4.79. The minimum absolute atomic E-state index is 0.0691. The molecular formula is C23H22N4O2. The standard InChI is InChI=1S/C23H22N4O2/c1-16-12-21-24-19(15-23(29)27(21)26-16)14-20(18-10-6-3-7-11-18)25-22(28)13-17-8-4-2-5-9-17/h2-12,15,20,26H,13-14H2,1H3,(H,25,28). The molecule has 29 heavy (non-hydrogen) atoms. The minimum Gasteiger partial charge on any atom is -0.349 e. The van der Waals surface area contributed by atoms with Crippen LogP contribution in [0.4, 0.5) is 0 Å². The number of nitrogens with zero attached hydrogens (tertiary/aromatic N) is 2. The van der Waals surface area contributed by atoms with Crippen LogP contribution in [-0.4, -0.2) is 20.5 Å². The Morgan fingerprint density at radius 2 is 1.76 bits per heavy atom. The lowest BCUT2D eigenvalue weighted by molar-refractivity contribution is -0.121. The summed E-state index contributed by atoms with van der Waals surface area (Å²) in [5.74, 6) is -0.0691. The van der Waals surface area contributed by atoms with Crippen LogP contribution >= 0.6 is 0 Å². The van der Waals surface area contributed by atoms with Crippen LogP contribution < -0.4 is 10.9 Å². The molecule has 2 heterocycles. The van der Waals surface area contributed by atoms with E-state index in [0.29, 0.717) is 24.2 Å². The Morgan fingerprint density at radius 3 is 2.48 bits per heavy atom. The summed E-state index contributed by atoms with van der Waals surface area (Å²) in [6.07, 6.45) is 0.733. The maximum absolute atomic E-state index is 12.7. The van der Waals surface area contributed by atoms with Crippen molar-refractivity contribution in [2.45, 2.75) is 25.8 Å². The molecule has 0 radical (unpaired) electrons. The third-order valence-electron chi connectivity index (χ3n) is 4.79. The van der Waals surface area contributed by atoms with Crippen molar-refractivity contribution in [3.05, 3.63) is 106 Å². The summed E-state index contributed by atoms with van der Waals surface area (Å²) in [6, 6.07) is 22.5. The lowest BCUT2D eigenvalue weighted by Crippen LogP contribution is -2.31. The zero-order valence-electron chi connectivity index (χ0n) is 16.1. The number of nitrogens with one attached hydrogen (secondary N) is 2. The van der Waals surface area contributed by atoms with Gasteiger partial charge in [-0.2, -0.15) is 0 Å². The topological polar surface area (TPSA) is 79.3 Å². The van der Waals surface area contributed by atoms with Crippen molar-refractivity contribution in [3.8, 4) is 0 Å². The second-order valence-electron chi connectivity index (χ2n) is 7.12. The molecule has 0 fully saturated rings. The van der Waals surface area contributed by atoms with Crippen molar-refractivity contribution in [2.75, 3.05) is 0 Å². The Kier molecular flexibility index (Phi) is 5.24. The molecule has 1 atom stereocenters. The van der Waals surface area contributed by atoms with Gasteiger partial charge in [0.1, 0.15) is 0 Å². The first-order valence-corrected chi connectivity index (χ1v) is 9.55. The van der Waals surface area contributed by atoms with Crippen LogP contribution in [0.1, 0.15) is 28.6 Å². The minimum atomic E-state index is -0.276. The van der Waals surface area contributed by atoms with Gasteiger partial charge in [-0.1, -0.05) is 60.7 Å². The molecule has 1 amide bonds. The maximum atomic E-state index is 12.7. The summed E-state index contributed by atoms with van der Waals surface area (Å²) in [7, 11) is 0. The van der Waals surface area contributed by atoms with Gasteiger partial charge < -0.3 is 5.32 Å². The molecule has 2 aromatic heterocycles. The van der Waals surface area contributed by atoms with Crippen molar-refractivity contribution in [1.82, 2.24) is 19.9 Å². The van der Waals surface area contributed by atoms with E-state index >= 15 is 0 Å². The molecule has 6 heteroatoms. The van der Waals surface area contributed by atoms with Gasteiger partial charge in [-0.3, -0.25) is 14.7 Å². The van der Waals surface area contributed by atoms with Gasteiger partial charge in [0, 0.05) is 24.2 Å². The zero-order chi connectivity index (χ0) is 20.2. The Bertz CT molecular complexity index is 1180. The molecule has 4 rings (SSSR count). The molecule has 0 bridgehead atoms. The SMILES string of the molecule is Cc1cc2nc(CC(NC(=O)Cc3ccccc3)c3ccccc3)cc(=O)n2[nH]1. The molecule has 0 aliphatic heterocycles. The first-order valence-electron chi connectivity index (χ1n) is 9.55. The number of rotatable bonds is 6. The molecule has 0 saturated heterocycles. The van der Waals surface area contributed by atoms with E-state index in [1.54, 1.807) is 0 Å². The quantitative estimate of drug-likeness (QED) is 0.535. The molecule has 1 unspecified atom stereocenters. The number of carbonyl (C=O) groups is 1. The first kappa shape index (κ1) is 18.7. The van der Waals surface area contributed by atoms with Gasteiger partial charge in [0.15, 0.2) is 5.65 Å². The fourth-order valence-corrected chi connectivity index (χ4v) is 3.44. The van der Waals surface area contributed by atoms with Crippen LogP contribution in [-0.2, 0) is 17.6 Å². The van der Waals surface area contributed by atoms with Gasteiger partial charge in [-0.25, -0.2) is 9.50 Å². The Balaban J connectivity index is 1.59. The van der Waals surface area contributed by atoms with Crippen LogP contribution in [0.3, 0.4) is 0 Å². The highest BCUT2D eigenvalue weighted by molar-refractivity contribution is 5.79. The molecule has 2 aromatic carbocycles. The molecule has 2 N–H and O–H groups in total. The summed E-state index contributed by atoms with van der Waals surface area (Å²) < 4.78 is 1.42. The highest BCUT2D eigenvalue weighted by Gasteiger charge is 2.17. The summed E-state index contributed by atoms with van der Waals surface area (Å²) in [4.78, 5) is 29.7. The molecule has 0 aliphatic carbocycles. The number of benzene rings is 2. The first-order chi connectivity index (χ1) is 14.1. The van der Waals surface area contributed by atoms with Gasteiger partial charge in [-0.05, 0) is 18.1 Å². The van der Waals surface area contributed by atoms with Crippen LogP contribution in [0.5, 0.6) is 0 Å². The third kappa shape index (κ3) is 4.43. The number of hydrogen-bond acceptors (Lipinski definition) is 3. The van der Waals surface area contributed by atoms with Crippen molar-refractivity contribution < 1.29 is 4.79 Å². The van der Waals surface area contributed by atoms with Crippen LogP contribution in [0.15, 0.2) is 77.6 Å². The Labute approximate surface area is 168 Å². The Morgan fingerprint density at radius 1 is 1.07 bits per heavy atom. The number of amides is 1. The van der Waals surface area contributed by atoms with E-state index in [9.17, 15) is 9.59 Å². The normalized spacial score (nSPS) is 12.0. The molecule has 0 aliphatic rings. The van der Waals surface area contributed by atoms with Crippen molar-refractivity contribution in [3.63, 3.8) is 0 Å². The number of carbonyl (C=O) groups excluding carboxylic acids is 1. The fourth-order valence-electron chi connectivity index (χ4n) is 3.44. The fraction of sp³-hybridized carbons (Fsp3) is 0.174. The number of hydrogen-bond donors (Lipinski definition) is 2.